The van der Waals surface area contributed by atoms with Crippen molar-refractivity contribution in [2.24, 2.45) is 0 Å². The number of alkyl halides is 1. The van der Waals surface area contributed by atoms with Gasteiger partial charge in [0, 0.05) is 25.4 Å². The average molecular weight is 381 g/mol. The molecule has 0 radical (unpaired) electrons. The second kappa shape index (κ2) is 11.6. The van der Waals surface area contributed by atoms with Crippen molar-refractivity contribution in [2.75, 3.05) is 13.1 Å². The molecule has 2 aromatic carbocycles. The highest BCUT2D eigenvalue weighted by Gasteiger charge is 2.38. The molecule has 3 heteroatoms. The zero-order valence-corrected chi connectivity index (χ0v) is 17.4. The second-order valence-corrected chi connectivity index (χ2v) is 7.58. The predicted molar refractivity (Wildman–Crippen MR) is 115 cm³/mol. The third kappa shape index (κ3) is 7.09. The van der Waals surface area contributed by atoms with E-state index in [0.717, 1.165) is 32.4 Å². The third-order valence-electron chi connectivity index (χ3n) is 5.53. The molecule has 1 fully saturated rings. The monoisotopic (exact) mass is 380 g/mol. The quantitative estimate of drug-likeness (QED) is 0.539. The minimum atomic E-state index is -0.603. The maximum absolute atomic E-state index is 13.1. The number of rotatable bonds is 9. The summed E-state index contributed by atoms with van der Waals surface area (Å²) in [5.74, 6) is 0.168. The van der Waals surface area contributed by atoms with Crippen LogP contribution < -0.4 is 0 Å². The van der Waals surface area contributed by atoms with Gasteiger partial charge in [-0.2, -0.15) is 5.26 Å². The predicted octanol–water partition coefficient (Wildman–Crippen LogP) is 5.93. The molecule has 0 amide bonds. The molecule has 1 aliphatic rings. The van der Waals surface area contributed by atoms with Crippen molar-refractivity contribution in [3.05, 3.63) is 71.3 Å². The number of halogens is 1. The lowest BCUT2D eigenvalue weighted by molar-refractivity contribution is 0.212. The number of hydrogen-bond donors (Lipinski definition) is 0. The molecule has 3 unspecified atom stereocenters. The molecule has 0 aromatic heterocycles. The Morgan fingerprint density at radius 2 is 1.64 bits per heavy atom. The minimum absolute atomic E-state index is 0.168. The summed E-state index contributed by atoms with van der Waals surface area (Å²) in [6.45, 7) is 8.22. The summed E-state index contributed by atoms with van der Waals surface area (Å²) >= 11 is 0. The van der Waals surface area contributed by atoms with Crippen LogP contribution in [0.3, 0.4) is 0 Å². The summed E-state index contributed by atoms with van der Waals surface area (Å²) in [5.41, 5.74) is 3.95. The Balaban J connectivity index is 0.000000878. The van der Waals surface area contributed by atoms with Gasteiger partial charge in [0.25, 0.3) is 0 Å². The molecule has 1 aliphatic carbocycles. The zero-order valence-electron chi connectivity index (χ0n) is 17.4. The SMILES string of the molecule is CC#N.CCN(CCc1ccccc1)C(C)CCc1ccc(C2CC2F)cc1. The van der Waals surface area contributed by atoms with Gasteiger partial charge in [0.1, 0.15) is 6.17 Å². The Bertz CT molecular complexity index is 720. The Morgan fingerprint density at radius 3 is 2.18 bits per heavy atom. The van der Waals surface area contributed by atoms with E-state index in [1.165, 1.54) is 23.6 Å². The van der Waals surface area contributed by atoms with Crippen LogP contribution in [0.4, 0.5) is 4.39 Å². The summed E-state index contributed by atoms with van der Waals surface area (Å²) in [4.78, 5) is 2.57. The van der Waals surface area contributed by atoms with Crippen LogP contribution in [0.5, 0.6) is 0 Å². The molecule has 0 aliphatic heterocycles. The standard InChI is InChI=1S/C23H30FN.C2H3N/c1-3-25(16-15-19-7-5-4-6-8-19)18(2)9-10-20-11-13-21(14-12-20)22-17-23(22)24;1-2-3/h4-8,11-14,18,22-23H,3,9-10,15-17H2,1-2H3;1H3. The van der Waals surface area contributed by atoms with Crippen LogP contribution in [0.1, 0.15) is 56.2 Å². The van der Waals surface area contributed by atoms with Gasteiger partial charge in [-0.15, -0.1) is 0 Å². The smallest absolute Gasteiger partial charge is 0.108 e. The molecule has 0 spiro atoms. The van der Waals surface area contributed by atoms with Crippen LogP contribution in [-0.4, -0.2) is 30.2 Å². The van der Waals surface area contributed by atoms with E-state index in [0.29, 0.717) is 12.5 Å². The molecule has 150 valence electrons. The molecule has 3 atom stereocenters. The third-order valence-corrected chi connectivity index (χ3v) is 5.53. The van der Waals surface area contributed by atoms with Gasteiger partial charge in [0.2, 0.25) is 0 Å². The Kier molecular flexibility index (Phi) is 9.17. The van der Waals surface area contributed by atoms with Gasteiger partial charge >= 0.3 is 0 Å². The van der Waals surface area contributed by atoms with Crippen molar-refractivity contribution in [1.82, 2.24) is 4.90 Å². The highest BCUT2D eigenvalue weighted by Crippen LogP contribution is 2.43. The van der Waals surface area contributed by atoms with E-state index in [-0.39, 0.29) is 5.92 Å². The average Bonchev–Trinajstić information content (AvgIpc) is 3.45. The van der Waals surface area contributed by atoms with Gasteiger partial charge in [-0.05, 0) is 55.8 Å². The van der Waals surface area contributed by atoms with E-state index in [1.807, 2.05) is 0 Å². The summed E-state index contributed by atoms with van der Waals surface area (Å²) < 4.78 is 13.1. The van der Waals surface area contributed by atoms with Gasteiger partial charge in [0.15, 0.2) is 0 Å². The lowest BCUT2D eigenvalue weighted by Gasteiger charge is -2.28. The Hall–Kier alpha value is -2.18. The number of nitrogens with zero attached hydrogens (tertiary/aromatic N) is 2. The van der Waals surface area contributed by atoms with Crippen LogP contribution >= 0.6 is 0 Å². The molecule has 0 saturated heterocycles. The van der Waals surface area contributed by atoms with Crippen LogP contribution in [-0.2, 0) is 12.8 Å². The molecule has 0 heterocycles. The first kappa shape index (κ1) is 22.1. The van der Waals surface area contributed by atoms with Gasteiger partial charge < -0.3 is 4.90 Å². The van der Waals surface area contributed by atoms with Gasteiger partial charge in [-0.25, -0.2) is 4.39 Å². The van der Waals surface area contributed by atoms with Crippen molar-refractivity contribution in [3.8, 4) is 6.07 Å². The normalized spacial score (nSPS) is 18.7. The van der Waals surface area contributed by atoms with Crippen molar-refractivity contribution >= 4 is 0 Å². The molecular formula is C25H33FN2. The van der Waals surface area contributed by atoms with E-state index in [4.69, 9.17) is 5.26 Å². The maximum Gasteiger partial charge on any atom is 0.108 e. The Labute approximate surface area is 170 Å². The molecule has 28 heavy (non-hydrogen) atoms. The zero-order chi connectivity index (χ0) is 20.4. The Morgan fingerprint density at radius 1 is 1.07 bits per heavy atom. The number of benzene rings is 2. The lowest BCUT2D eigenvalue weighted by Crippen LogP contribution is -2.35. The molecule has 2 nitrogen and oxygen atoms in total. The van der Waals surface area contributed by atoms with Crippen LogP contribution in [0.15, 0.2) is 54.6 Å². The first-order valence-corrected chi connectivity index (χ1v) is 10.4. The molecule has 0 bridgehead atoms. The highest BCUT2D eigenvalue weighted by molar-refractivity contribution is 5.30. The van der Waals surface area contributed by atoms with Crippen molar-refractivity contribution in [3.63, 3.8) is 0 Å². The van der Waals surface area contributed by atoms with Crippen molar-refractivity contribution in [1.29, 1.82) is 5.26 Å². The van der Waals surface area contributed by atoms with Gasteiger partial charge in [-0.1, -0.05) is 61.5 Å². The largest absolute Gasteiger partial charge is 0.301 e. The fourth-order valence-corrected chi connectivity index (χ4v) is 3.61. The fourth-order valence-electron chi connectivity index (χ4n) is 3.61. The van der Waals surface area contributed by atoms with Crippen molar-refractivity contribution < 1.29 is 4.39 Å². The highest BCUT2D eigenvalue weighted by atomic mass is 19.1. The topological polar surface area (TPSA) is 27.0 Å². The van der Waals surface area contributed by atoms with Crippen LogP contribution in [0.25, 0.3) is 0 Å². The summed E-state index contributed by atoms with van der Waals surface area (Å²) in [5, 5.41) is 7.32. The fraction of sp³-hybridized carbons (Fsp3) is 0.480. The number of hydrogen-bond acceptors (Lipinski definition) is 2. The van der Waals surface area contributed by atoms with Gasteiger partial charge in [-0.3, -0.25) is 0 Å². The maximum atomic E-state index is 13.1. The first-order chi connectivity index (χ1) is 13.6. The number of nitriles is 1. The number of aryl methyl sites for hydroxylation is 1. The van der Waals surface area contributed by atoms with Crippen molar-refractivity contribution in [2.45, 2.75) is 64.6 Å². The second-order valence-electron chi connectivity index (χ2n) is 7.58. The van der Waals surface area contributed by atoms with Crippen LogP contribution in [0, 0.1) is 11.3 Å². The molecular weight excluding hydrogens is 347 g/mol. The molecule has 0 N–H and O–H groups in total. The number of likely N-dealkylation sites (N-methyl/N-ethyl adjacent to an activating group) is 1. The van der Waals surface area contributed by atoms with Gasteiger partial charge in [0.05, 0.1) is 6.07 Å². The molecule has 2 aromatic rings. The van der Waals surface area contributed by atoms with E-state index in [2.05, 4.69) is 73.3 Å². The first-order valence-electron chi connectivity index (χ1n) is 10.4. The summed E-state index contributed by atoms with van der Waals surface area (Å²) in [6, 6.07) is 21.7. The van der Waals surface area contributed by atoms with Crippen LogP contribution in [0.2, 0.25) is 0 Å². The lowest BCUT2D eigenvalue weighted by atomic mass is 10.0. The van der Waals surface area contributed by atoms with E-state index in [1.54, 1.807) is 6.07 Å². The summed E-state index contributed by atoms with van der Waals surface area (Å²) in [6.07, 6.45) is 3.47. The summed E-state index contributed by atoms with van der Waals surface area (Å²) in [7, 11) is 0. The molecule has 3 rings (SSSR count). The van der Waals surface area contributed by atoms with E-state index in [9.17, 15) is 4.39 Å². The minimum Gasteiger partial charge on any atom is -0.301 e. The van der Waals surface area contributed by atoms with E-state index < -0.39 is 6.17 Å². The van der Waals surface area contributed by atoms with E-state index >= 15 is 0 Å². The molecule has 1 saturated carbocycles.